The number of ether oxygens (including phenoxy) is 1. The van der Waals surface area contributed by atoms with E-state index in [1.54, 1.807) is 6.92 Å². The van der Waals surface area contributed by atoms with Gasteiger partial charge in [-0.2, -0.15) is 0 Å². The monoisotopic (exact) mass is 299 g/mol. The number of hydrogen-bond donors (Lipinski definition) is 0. The van der Waals surface area contributed by atoms with Gasteiger partial charge in [0.2, 0.25) is 5.91 Å². The summed E-state index contributed by atoms with van der Waals surface area (Å²) in [5, 5.41) is 0. The minimum absolute atomic E-state index is 0.205. The van der Waals surface area contributed by atoms with Gasteiger partial charge in [0.15, 0.2) is 0 Å². The molecule has 20 heavy (non-hydrogen) atoms. The number of nitrogens with zero attached hydrogens (tertiary/aromatic N) is 1. The topological polar surface area (TPSA) is 46.6 Å². The second-order valence-corrected chi connectivity index (χ2v) is 6.62. The molecule has 1 aliphatic heterocycles. The van der Waals surface area contributed by atoms with Crippen LogP contribution in [0, 0.1) is 5.92 Å². The molecular weight excluding hydrogens is 274 g/mol. The molecule has 2 rings (SSSR count). The maximum absolute atomic E-state index is 12.3. The number of carbonyl (C=O) groups excluding carboxylic acids is 2. The fourth-order valence-electron chi connectivity index (χ4n) is 3.44. The predicted molar refractivity (Wildman–Crippen MR) is 80.7 cm³/mol. The Morgan fingerprint density at radius 3 is 2.70 bits per heavy atom. The Morgan fingerprint density at radius 2 is 1.90 bits per heavy atom. The van der Waals surface area contributed by atoms with Crippen LogP contribution in [0.4, 0.5) is 0 Å². The van der Waals surface area contributed by atoms with Crippen molar-refractivity contribution in [3.8, 4) is 0 Å². The van der Waals surface area contributed by atoms with Crippen molar-refractivity contribution in [3.63, 3.8) is 0 Å². The van der Waals surface area contributed by atoms with E-state index < -0.39 is 0 Å². The number of rotatable bonds is 5. The number of esters is 1. The third-order valence-corrected chi connectivity index (χ3v) is 5.21. The summed E-state index contributed by atoms with van der Waals surface area (Å²) in [6.07, 6.45) is 7.44. The molecule has 2 aliphatic rings. The van der Waals surface area contributed by atoms with Crippen molar-refractivity contribution >= 4 is 23.6 Å². The highest BCUT2D eigenvalue weighted by molar-refractivity contribution is 8.00. The van der Waals surface area contributed by atoms with Gasteiger partial charge in [0, 0.05) is 12.6 Å². The van der Waals surface area contributed by atoms with Crippen LogP contribution in [0.25, 0.3) is 0 Å². The Kier molecular flexibility index (Phi) is 6.20. The maximum atomic E-state index is 12.3. The molecule has 5 heteroatoms. The van der Waals surface area contributed by atoms with Crippen LogP contribution in [0.2, 0.25) is 0 Å². The summed E-state index contributed by atoms with van der Waals surface area (Å²) >= 11 is 1.38. The van der Waals surface area contributed by atoms with Gasteiger partial charge in [0.1, 0.15) is 0 Å². The van der Waals surface area contributed by atoms with Gasteiger partial charge in [-0.25, -0.2) is 0 Å². The summed E-state index contributed by atoms with van der Waals surface area (Å²) in [6.45, 7) is 3.11. The van der Waals surface area contributed by atoms with Crippen LogP contribution < -0.4 is 0 Å². The molecule has 1 amide bonds. The Hall–Kier alpha value is -0.710. The molecule has 114 valence electrons. The van der Waals surface area contributed by atoms with Crippen LogP contribution in [0.1, 0.15) is 45.4 Å². The summed E-state index contributed by atoms with van der Waals surface area (Å²) < 4.78 is 4.87. The average Bonchev–Trinajstić information content (AvgIpc) is 2.47. The quantitative estimate of drug-likeness (QED) is 0.732. The standard InChI is InChI=1S/C15H25NO3S/c1-2-19-15(18)11-20-10-14(17)16-9-5-7-12-6-3-4-8-13(12)16/h12-13H,2-11H2,1H3. The van der Waals surface area contributed by atoms with Gasteiger partial charge < -0.3 is 9.64 Å². The zero-order valence-electron chi connectivity index (χ0n) is 12.3. The third-order valence-electron chi connectivity index (χ3n) is 4.31. The lowest BCUT2D eigenvalue weighted by molar-refractivity contribution is -0.139. The van der Waals surface area contributed by atoms with E-state index in [2.05, 4.69) is 4.90 Å². The highest BCUT2D eigenvalue weighted by atomic mass is 32.2. The molecular formula is C15H25NO3S. The first kappa shape index (κ1) is 15.7. The lowest BCUT2D eigenvalue weighted by atomic mass is 9.78. The molecule has 1 saturated carbocycles. The van der Waals surface area contributed by atoms with Crippen molar-refractivity contribution in [1.82, 2.24) is 4.90 Å². The lowest BCUT2D eigenvalue weighted by Gasteiger charge is -2.44. The van der Waals surface area contributed by atoms with Crippen LogP contribution in [0.5, 0.6) is 0 Å². The SMILES string of the molecule is CCOC(=O)CSCC(=O)N1CCCC2CCCCC21. The third kappa shape index (κ3) is 4.14. The number of hydrogen-bond acceptors (Lipinski definition) is 4. The lowest BCUT2D eigenvalue weighted by Crippen LogP contribution is -2.50. The first-order valence-electron chi connectivity index (χ1n) is 7.75. The Bertz CT molecular complexity index is 346. The van der Waals surface area contributed by atoms with Crippen molar-refractivity contribution < 1.29 is 14.3 Å². The van der Waals surface area contributed by atoms with E-state index in [1.807, 2.05) is 0 Å². The largest absolute Gasteiger partial charge is 0.465 e. The molecule has 2 atom stereocenters. The molecule has 2 fully saturated rings. The number of amides is 1. The number of likely N-dealkylation sites (tertiary alicyclic amines) is 1. The van der Waals surface area contributed by atoms with Crippen LogP contribution >= 0.6 is 11.8 Å². The van der Waals surface area contributed by atoms with Crippen LogP contribution in [0.15, 0.2) is 0 Å². The summed E-state index contributed by atoms with van der Waals surface area (Å²) in [4.78, 5) is 25.7. The van der Waals surface area contributed by atoms with Crippen molar-refractivity contribution in [2.24, 2.45) is 5.92 Å². The molecule has 4 nitrogen and oxygen atoms in total. The summed E-state index contributed by atoms with van der Waals surface area (Å²) in [5.74, 6) is 1.38. The van der Waals surface area contributed by atoms with Gasteiger partial charge in [-0.3, -0.25) is 9.59 Å². The number of piperidine rings is 1. The normalized spacial score (nSPS) is 25.9. The highest BCUT2D eigenvalue weighted by Gasteiger charge is 2.35. The van der Waals surface area contributed by atoms with Crippen LogP contribution in [-0.4, -0.2) is 47.5 Å². The van der Waals surface area contributed by atoms with Gasteiger partial charge in [-0.15, -0.1) is 11.8 Å². The van der Waals surface area contributed by atoms with E-state index in [9.17, 15) is 9.59 Å². The van der Waals surface area contributed by atoms with Crippen molar-refractivity contribution in [1.29, 1.82) is 0 Å². The van der Waals surface area contributed by atoms with Crippen molar-refractivity contribution in [2.45, 2.75) is 51.5 Å². The minimum Gasteiger partial charge on any atom is -0.465 e. The molecule has 2 unspecified atom stereocenters. The highest BCUT2D eigenvalue weighted by Crippen LogP contribution is 2.35. The number of carbonyl (C=O) groups is 2. The molecule has 0 N–H and O–H groups in total. The van der Waals surface area contributed by atoms with E-state index >= 15 is 0 Å². The van der Waals surface area contributed by atoms with Gasteiger partial charge in [0.05, 0.1) is 18.1 Å². The molecule has 0 aromatic carbocycles. The molecule has 0 bridgehead atoms. The van der Waals surface area contributed by atoms with Crippen molar-refractivity contribution in [3.05, 3.63) is 0 Å². The van der Waals surface area contributed by atoms with E-state index in [1.165, 1.54) is 43.9 Å². The fraction of sp³-hybridized carbons (Fsp3) is 0.867. The zero-order chi connectivity index (χ0) is 14.4. The van der Waals surface area contributed by atoms with Gasteiger partial charge in [0.25, 0.3) is 0 Å². The van der Waals surface area contributed by atoms with Gasteiger partial charge in [-0.05, 0) is 38.5 Å². The van der Waals surface area contributed by atoms with Crippen molar-refractivity contribution in [2.75, 3.05) is 24.7 Å². The zero-order valence-corrected chi connectivity index (χ0v) is 13.1. The van der Waals surface area contributed by atoms with Gasteiger partial charge >= 0.3 is 5.97 Å². The maximum Gasteiger partial charge on any atom is 0.315 e. The molecule has 0 radical (unpaired) electrons. The van der Waals surface area contributed by atoms with Crippen LogP contribution in [0.3, 0.4) is 0 Å². The Morgan fingerprint density at radius 1 is 1.15 bits per heavy atom. The van der Waals surface area contributed by atoms with E-state index in [-0.39, 0.29) is 17.6 Å². The average molecular weight is 299 g/mol. The van der Waals surface area contributed by atoms with E-state index in [4.69, 9.17) is 4.74 Å². The van der Waals surface area contributed by atoms with E-state index in [0.717, 1.165) is 18.9 Å². The molecule has 1 heterocycles. The second-order valence-electron chi connectivity index (χ2n) is 5.64. The summed E-state index contributed by atoms with van der Waals surface area (Å²) in [5.41, 5.74) is 0. The Balaban J connectivity index is 1.77. The molecule has 0 spiro atoms. The first-order chi connectivity index (χ1) is 9.72. The van der Waals surface area contributed by atoms with E-state index in [0.29, 0.717) is 18.4 Å². The Labute approximate surface area is 125 Å². The fourth-order valence-corrected chi connectivity index (χ4v) is 4.13. The molecule has 0 aromatic rings. The second kappa shape index (κ2) is 7.91. The number of thioether (sulfide) groups is 1. The minimum atomic E-state index is -0.223. The predicted octanol–water partition coefficient (Wildman–Crippen LogP) is 2.46. The summed E-state index contributed by atoms with van der Waals surface area (Å²) in [7, 11) is 0. The summed E-state index contributed by atoms with van der Waals surface area (Å²) in [6, 6.07) is 0.466. The smallest absolute Gasteiger partial charge is 0.315 e. The first-order valence-corrected chi connectivity index (χ1v) is 8.90. The number of fused-ring (bicyclic) bond motifs is 1. The van der Waals surface area contributed by atoms with Crippen LogP contribution in [-0.2, 0) is 14.3 Å². The molecule has 1 aliphatic carbocycles. The molecule has 0 aromatic heterocycles. The van der Waals surface area contributed by atoms with Gasteiger partial charge in [-0.1, -0.05) is 12.8 Å². The molecule has 1 saturated heterocycles.